The molecule has 20 heavy (non-hydrogen) atoms. The van der Waals surface area contributed by atoms with Gasteiger partial charge in [-0.3, -0.25) is 9.59 Å². The quantitative estimate of drug-likeness (QED) is 0.460. The highest BCUT2D eigenvalue weighted by molar-refractivity contribution is 5.81. The lowest BCUT2D eigenvalue weighted by atomic mass is 10.0. The van der Waals surface area contributed by atoms with Crippen molar-refractivity contribution >= 4 is 11.9 Å². The Balaban J connectivity index is 1.63. The van der Waals surface area contributed by atoms with Gasteiger partial charge in [-0.1, -0.05) is 12.2 Å². The van der Waals surface area contributed by atoms with Crippen molar-refractivity contribution < 1.29 is 19.4 Å². The summed E-state index contributed by atoms with van der Waals surface area (Å²) in [7, 11) is 0. The molecule has 0 aromatic carbocycles. The first kappa shape index (κ1) is 14.6. The molecule has 0 bridgehead atoms. The molecule has 1 aliphatic heterocycles. The molecule has 5 heteroatoms. The number of aliphatic hydroxyl groups excluding tert-OH is 1. The molecule has 1 N–H and O–H groups in total. The Bertz CT molecular complexity index is 428. The zero-order chi connectivity index (χ0) is 14.4. The average Bonchev–Trinajstić information content (AvgIpc) is 3.07. The molecule has 1 heterocycles. The monoisotopic (exact) mass is 279 g/mol. The second kappa shape index (κ2) is 7.12. The number of amides is 1. The van der Waals surface area contributed by atoms with E-state index in [0.717, 1.165) is 25.5 Å². The van der Waals surface area contributed by atoms with Crippen molar-refractivity contribution in [3.63, 3.8) is 0 Å². The number of hydrogen-bond donors (Lipinski definition) is 1. The van der Waals surface area contributed by atoms with E-state index in [9.17, 15) is 9.59 Å². The second-order valence-corrected chi connectivity index (χ2v) is 5.19. The highest BCUT2D eigenvalue weighted by Crippen LogP contribution is 2.22. The molecule has 1 amide bonds. The smallest absolute Gasteiger partial charge is 0.305 e. The van der Waals surface area contributed by atoms with E-state index in [1.54, 1.807) is 0 Å². The third-order valence-corrected chi connectivity index (χ3v) is 3.80. The van der Waals surface area contributed by atoms with Gasteiger partial charge in [-0.05, 0) is 31.6 Å². The van der Waals surface area contributed by atoms with Crippen LogP contribution in [0.5, 0.6) is 0 Å². The normalized spacial score (nSPS) is 23.8. The number of allylic oxidation sites excluding steroid dienone is 3. The van der Waals surface area contributed by atoms with Crippen molar-refractivity contribution in [3.8, 4) is 0 Å². The number of rotatable bonds is 6. The Labute approximate surface area is 118 Å². The fourth-order valence-corrected chi connectivity index (χ4v) is 2.63. The Morgan fingerprint density at radius 1 is 1.50 bits per heavy atom. The van der Waals surface area contributed by atoms with Crippen LogP contribution in [-0.4, -0.2) is 35.0 Å². The highest BCUT2D eigenvalue weighted by atomic mass is 16.5. The van der Waals surface area contributed by atoms with Crippen LogP contribution in [0.2, 0.25) is 0 Å². The van der Waals surface area contributed by atoms with Crippen LogP contribution < -0.4 is 0 Å². The zero-order valence-electron chi connectivity index (χ0n) is 11.6. The largest absolute Gasteiger partial charge is 0.514 e. The molecule has 0 spiro atoms. The van der Waals surface area contributed by atoms with Gasteiger partial charge in [-0.15, -0.1) is 0 Å². The van der Waals surface area contributed by atoms with E-state index in [1.807, 2.05) is 0 Å². The number of aliphatic hydroxyl groups is 1. The SMILES string of the molecule is O=C(CCC1C=CCC1)OCCN1C(=O)CC/C1=C/O. The number of hydrogen-bond acceptors (Lipinski definition) is 4. The minimum Gasteiger partial charge on any atom is -0.514 e. The maximum Gasteiger partial charge on any atom is 0.305 e. The first-order chi connectivity index (χ1) is 9.70. The maximum atomic E-state index is 11.6. The fraction of sp³-hybridized carbons (Fsp3) is 0.600. The summed E-state index contributed by atoms with van der Waals surface area (Å²) < 4.78 is 5.14. The third-order valence-electron chi connectivity index (χ3n) is 3.80. The van der Waals surface area contributed by atoms with Crippen LogP contribution in [0.1, 0.15) is 38.5 Å². The van der Waals surface area contributed by atoms with Gasteiger partial charge >= 0.3 is 5.97 Å². The molecule has 1 atom stereocenters. The van der Waals surface area contributed by atoms with Crippen LogP contribution in [0, 0.1) is 5.92 Å². The van der Waals surface area contributed by atoms with Crippen LogP contribution in [0.4, 0.5) is 0 Å². The van der Waals surface area contributed by atoms with Gasteiger partial charge in [0.25, 0.3) is 0 Å². The number of nitrogens with zero attached hydrogens (tertiary/aromatic N) is 1. The summed E-state index contributed by atoms with van der Waals surface area (Å²) in [6.45, 7) is 0.503. The van der Waals surface area contributed by atoms with Crippen LogP contribution in [0.3, 0.4) is 0 Å². The molecule has 0 aromatic rings. The zero-order valence-corrected chi connectivity index (χ0v) is 11.6. The van der Waals surface area contributed by atoms with Crippen molar-refractivity contribution in [2.45, 2.75) is 38.5 Å². The molecule has 0 radical (unpaired) electrons. The Morgan fingerprint density at radius 2 is 2.35 bits per heavy atom. The minimum atomic E-state index is -0.216. The average molecular weight is 279 g/mol. The Morgan fingerprint density at radius 3 is 3.05 bits per heavy atom. The van der Waals surface area contributed by atoms with Crippen LogP contribution in [0.15, 0.2) is 24.1 Å². The fourth-order valence-electron chi connectivity index (χ4n) is 2.63. The van der Waals surface area contributed by atoms with Crippen LogP contribution >= 0.6 is 0 Å². The molecule has 2 rings (SSSR count). The van der Waals surface area contributed by atoms with Gasteiger partial charge in [0.2, 0.25) is 5.91 Å². The predicted molar refractivity (Wildman–Crippen MR) is 73.7 cm³/mol. The first-order valence-corrected chi connectivity index (χ1v) is 7.16. The highest BCUT2D eigenvalue weighted by Gasteiger charge is 2.25. The Hall–Kier alpha value is -1.78. The van der Waals surface area contributed by atoms with Crippen molar-refractivity contribution in [1.82, 2.24) is 4.90 Å². The maximum absolute atomic E-state index is 11.6. The van der Waals surface area contributed by atoms with E-state index >= 15 is 0 Å². The van der Waals surface area contributed by atoms with E-state index in [2.05, 4.69) is 12.2 Å². The lowest BCUT2D eigenvalue weighted by Gasteiger charge is -2.17. The number of ether oxygens (including phenoxy) is 1. The molecule has 110 valence electrons. The van der Waals surface area contributed by atoms with Gasteiger partial charge in [0, 0.05) is 12.8 Å². The molecule has 0 aromatic heterocycles. The molecule has 1 unspecified atom stereocenters. The summed E-state index contributed by atoms with van der Waals surface area (Å²) in [5.74, 6) is 0.260. The summed E-state index contributed by atoms with van der Waals surface area (Å²) in [6, 6.07) is 0. The van der Waals surface area contributed by atoms with Crippen molar-refractivity contribution in [2.75, 3.05) is 13.2 Å². The Kier molecular flexibility index (Phi) is 5.21. The standard InChI is InChI=1S/C15H21NO4/c17-11-13-6-7-14(18)16(13)9-10-20-15(19)8-5-12-3-1-2-4-12/h1,3,11-12,17H,2,4-10H2/b13-11-. The molecule has 2 aliphatic rings. The predicted octanol–water partition coefficient (Wildman–Crippen LogP) is 2.30. The summed E-state index contributed by atoms with van der Waals surface area (Å²) in [5, 5.41) is 9.00. The van der Waals surface area contributed by atoms with E-state index in [1.165, 1.54) is 4.90 Å². The summed E-state index contributed by atoms with van der Waals surface area (Å²) in [6.07, 6.45) is 9.72. The molecular weight excluding hydrogens is 258 g/mol. The summed E-state index contributed by atoms with van der Waals surface area (Å²) in [4.78, 5) is 24.6. The first-order valence-electron chi connectivity index (χ1n) is 7.16. The molecule has 0 saturated carbocycles. The molecule has 1 saturated heterocycles. The van der Waals surface area contributed by atoms with Crippen LogP contribution in [0.25, 0.3) is 0 Å². The summed E-state index contributed by atoms with van der Waals surface area (Å²) >= 11 is 0. The van der Waals surface area contributed by atoms with Crippen molar-refractivity contribution in [3.05, 3.63) is 24.1 Å². The van der Waals surface area contributed by atoms with E-state index < -0.39 is 0 Å². The molecule has 5 nitrogen and oxygen atoms in total. The van der Waals surface area contributed by atoms with Gasteiger partial charge in [-0.25, -0.2) is 0 Å². The van der Waals surface area contributed by atoms with Gasteiger partial charge in [0.1, 0.15) is 6.61 Å². The van der Waals surface area contributed by atoms with E-state index in [-0.39, 0.29) is 18.5 Å². The lowest BCUT2D eigenvalue weighted by Crippen LogP contribution is -2.28. The number of carbonyl (C=O) groups is 2. The van der Waals surface area contributed by atoms with Gasteiger partial charge < -0.3 is 14.7 Å². The third kappa shape index (κ3) is 3.85. The topological polar surface area (TPSA) is 66.8 Å². The molecular formula is C15H21NO4. The number of carbonyl (C=O) groups excluding carboxylic acids is 2. The lowest BCUT2D eigenvalue weighted by molar-refractivity contribution is -0.145. The van der Waals surface area contributed by atoms with Crippen molar-refractivity contribution in [2.24, 2.45) is 5.92 Å². The molecule has 1 aliphatic carbocycles. The second-order valence-electron chi connectivity index (χ2n) is 5.19. The van der Waals surface area contributed by atoms with Gasteiger partial charge in [0.05, 0.1) is 18.5 Å². The number of likely N-dealkylation sites (tertiary alicyclic amines) is 1. The van der Waals surface area contributed by atoms with Crippen LogP contribution in [-0.2, 0) is 14.3 Å². The van der Waals surface area contributed by atoms with Gasteiger partial charge in [0.15, 0.2) is 0 Å². The number of esters is 1. The van der Waals surface area contributed by atoms with Crippen molar-refractivity contribution in [1.29, 1.82) is 0 Å². The van der Waals surface area contributed by atoms with E-state index in [4.69, 9.17) is 9.84 Å². The van der Waals surface area contributed by atoms with Gasteiger partial charge in [-0.2, -0.15) is 0 Å². The minimum absolute atomic E-state index is 0.0301. The van der Waals surface area contributed by atoms with E-state index in [0.29, 0.717) is 37.4 Å². The summed E-state index contributed by atoms with van der Waals surface area (Å²) in [5.41, 5.74) is 0.599. The molecule has 1 fully saturated rings.